The lowest BCUT2D eigenvalue weighted by Gasteiger charge is -2.69. The smallest absolute Gasteiger partial charge is 0.136 e. The van der Waals surface area contributed by atoms with Crippen LogP contribution >= 0.6 is 0 Å². The van der Waals surface area contributed by atoms with Gasteiger partial charge in [0.25, 0.3) is 0 Å². The number of ether oxygens (including phenoxy) is 3. The molecule has 182 valence electrons. The normalized spacial score (nSPS) is 62.4. The third-order valence-corrected chi connectivity index (χ3v) is 11.2. The van der Waals surface area contributed by atoms with Crippen LogP contribution in [0.3, 0.4) is 0 Å². The molecule has 1 heterocycles. The van der Waals surface area contributed by atoms with Crippen LogP contribution in [0.4, 0.5) is 0 Å². The lowest BCUT2D eigenvalue weighted by molar-refractivity contribution is -0.317. The summed E-state index contributed by atoms with van der Waals surface area (Å²) in [5, 5.41) is 48.5. The van der Waals surface area contributed by atoms with Gasteiger partial charge in [-0.2, -0.15) is 0 Å². The Morgan fingerprint density at radius 1 is 1.09 bits per heavy atom. The predicted molar refractivity (Wildman–Crippen MR) is 114 cm³/mol. The zero-order chi connectivity index (χ0) is 22.8. The summed E-state index contributed by atoms with van der Waals surface area (Å²) in [5.41, 5.74) is -4.15. The standard InChI is InChI=1S/C24H39NO7/c1-5-25-10-21(11-30-2)7-6-15(26)23-13-8-12-14(31-3)9-22(28,16(13)17(12)27)24(29,20(23)25)19(32-4)18(21)23/h12-20,26-29H,5-11H2,1-4H3/t12-,13+,14-,15?,16+,17?,18+,19-,20+,21-,22+,23?,24-/m0/s1. The van der Waals surface area contributed by atoms with Gasteiger partial charge in [-0.1, -0.05) is 6.92 Å². The van der Waals surface area contributed by atoms with E-state index in [1.165, 1.54) is 0 Å². The van der Waals surface area contributed by atoms with Crippen LogP contribution in [0.2, 0.25) is 0 Å². The molecule has 1 aliphatic heterocycles. The summed E-state index contributed by atoms with van der Waals surface area (Å²) in [4.78, 5) is 2.28. The first-order valence-corrected chi connectivity index (χ1v) is 12.3. The molecule has 3 unspecified atom stereocenters. The van der Waals surface area contributed by atoms with Crippen molar-refractivity contribution in [1.82, 2.24) is 4.90 Å². The van der Waals surface area contributed by atoms with Gasteiger partial charge in [0.2, 0.25) is 0 Å². The van der Waals surface area contributed by atoms with Gasteiger partial charge in [-0.25, -0.2) is 0 Å². The van der Waals surface area contributed by atoms with E-state index in [4.69, 9.17) is 14.2 Å². The molecule has 6 rings (SSSR count). The molecule has 6 fully saturated rings. The molecule has 8 nitrogen and oxygen atoms in total. The molecule has 0 aromatic heterocycles. The number of aliphatic hydroxyl groups excluding tert-OH is 2. The zero-order valence-electron chi connectivity index (χ0n) is 19.6. The second-order valence-corrected chi connectivity index (χ2v) is 11.7. The minimum atomic E-state index is -1.63. The molecular formula is C24H39NO7. The highest BCUT2D eigenvalue weighted by atomic mass is 16.5. The number of fused-ring (bicyclic) bond motifs is 2. The van der Waals surface area contributed by atoms with Crippen LogP contribution in [0.5, 0.6) is 0 Å². The lowest BCUT2D eigenvalue weighted by atomic mass is 9.42. The zero-order valence-corrected chi connectivity index (χ0v) is 19.6. The molecule has 0 amide bonds. The van der Waals surface area contributed by atoms with E-state index in [1.807, 2.05) is 0 Å². The van der Waals surface area contributed by atoms with Crippen molar-refractivity contribution in [3.8, 4) is 0 Å². The van der Waals surface area contributed by atoms with Crippen LogP contribution in [-0.4, -0.2) is 108 Å². The predicted octanol–water partition coefficient (Wildman–Crippen LogP) is -0.383. The highest BCUT2D eigenvalue weighted by molar-refractivity contribution is 5.41. The third-order valence-electron chi connectivity index (χ3n) is 11.2. The maximum absolute atomic E-state index is 12.8. The average Bonchev–Trinajstić information content (AvgIpc) is 3.14. The first kappa shape index (κ1) is 22.2. The van der Waals surface area contributed by atoms with Crippen molar-refractivity contribution >= 4 is 0 Å². The van der Waals surface area contributed by atoms with Crippen LogP contribution in [0.15, 0.2) is 0 Å². The van der Waals surface area contributed by atoms with Crippen molar-refractivity contribution in [2.45, 2.75) is 74.3 Å². The van der Waals surface area contributed by atoms with E-state index in [1.54, 1.807) is 21.3 Å². The Bertz CT molecular complexity index is 798. The molecule has 32 heavy (non-hydrogen) atoms. The van der Waals surface area contributed by atoms with Crippen LogP contribution in [0.1, 0.15) is 32.6 Å². The van der Waals surface area contributed by atoms with Crippen LogP contribution in [-0.2, 0) is 14.2 Å². The number of rotatable bonds is 5. The minimum absolute atomic E-state index is 0.102. The van der Waals surface area contributed by atoms with E-state index in [-0.39, 0.29) is 35.7 Å². The molecule has 1 spiro atoms. The molecule has 0 aromatic rings. The molecule has 6 aliphatic rings. The summed E-state index contributed by atoms with van der Waals surface area (Å²) < 4.78 is 17.7. The summed E-state index contributed by atoms with van der Waals surface area (Å²) in [6.45, 7) is 4.05. The Kier molecular flexibility index (Phi) is 4.62. The molecular weight excluding hydrogens is 414 g/mol. The Labute approximate surface area is 189 Å². The first-order chi connectivity index (χ1) is 15.2. The number of aliphatic hydroxyl groups is 4. The van der Waals surface area contributed by atoms with Crippen molar-refractivity contribution in [3.05, 3.63) is 0 Å². The molecule has 7 bridgehead atoms. The van der Waals surface area contributed by atoms with Gasteiger partial charge in [0.15, 0.2) is 0 Å². The average molecular weight is 454 g/mol. The maximum Gasteiger partial charge on any atom is 0.136 e. The Morgan fingerprint density at radius 2 is 1.84 bits per heavy atom. The second-order valence-electron chi connectivity index (χ2n) is 11.7. The van der Waals surface area contributed by atoms with Crippen LogP contribution in [0, 0.1) is 34.5 Å². The lowest BCUT2D eigenvalue weighted by Crippen LogP contribution is -2.81. The molecule has 0 radical (unpaired) electrons. The second kappa shape index (κ2) is 6.66. The van der Waals surface area contributed by atoms with Gasteiger partial charge in [0.05, 0.1) is 37.1 Å². The Morgan fingerprint density at radius 3 is 2.47 bits per heavy atom. The highest BCUT2D eigenvalue weighted by Gasteiger charge is 2.91. The molecule has 13 atom stereocenters. The summed E-state index contributed by atoms with van der Waals surface area (Å²) in [7, 11) is 4.95. The SMILES string of the molecule is CCN1C[C@]2(COC)CCC(O)C34[C@@H]5C[C@@H]6C(O)[C@@H]5[C@](O)(C[C@@H]6OC)[C@@](O)([C@H]13)[C@@H](OC)[C@@H]42. The van der Waals surface area contributed by atoms with Crippen molar-refractivity contribution in [2.75, 3.05) is 41.0 Å². The van der Waals surface area contributed by atoms with Crippen molar-refractivity contribution in [2.24, 2.45) is 34.5 Å². The van der Waals surface area contributed by atoms with E-state index >= 15 is 0 Å². The van der Waals surface area contributed by atoms with E-state index in [2.05, 4.69) is 11.8 Å². The molecule has 5 saturated carbocycles. The Balaban J connectivity index is 1.67. The Hall–Kier alpha value is -0.320. The number of hydrogen-bond donors (Lipinski definition) is 4. The highest BCUT2D eigenvalue weighted by Crippen LogP contribution is 2.80. The fourth-order valence-electron chi connectivity index (χ4n) is 10.7. The number of likely N-dealkylation sites (N-methyl/N-ethyl adjacent to an activating group) is 1. The molecule has 0 aromatic carbocycles. The number of hydrogen-bond acceptors (Lipinski definition) is 8. The number of methoxy groups -OCH3 is 3. The molecule has 4 N–H and O–H groups in total. The molecule has 5 aliphatic carbocycles. The van der Waals surface area contributed by atoms with Gasteiger partial charge in [-0.05, 0) is 31.7 Å². The van der Waals surface area contributed by atoms with Gasteiger partial charge in [0, 0.05) is 62.9 Å². The van der Waals surface area contributed by atoms with Gasteiger partial charge in [0.1, 0.15) is 11.2 Å². The first-order valence-electron chi connectivity index (χ1n) is 12.3. The van der Waals surface area contributed by atoms with Gasteiger partial charge in [-0.3, -0.25) is 4.90 Å². The van der Waals surface area contributed by atoms with E-state index in [0.29, 0.717) is 26.0 Å². The van der Waals surface area contributed by atoms with Crippen LogP contribution in [0.25, 0.3) is 0 Å². The van der Waals surface area contributed by atoms with E-state index in [0.717, 1.165) is 13.0 Å². The van der Waals surface area contributed by atoms with Crippen LogP contribution < -0.4 is 0 Å². The number of nitrogens with zero attached hydrogens (tertiary/aromatic N) is 1. The monoisotopic (exact) mass is 453 g/mol. The maximum atomic E-state index is 12.8. The van der Waals surface area contributed by atoms with Crippen molar-refractivity contribution in [1.29, 1.82) is 0 Å². The summed E-state index contributed by atoms with van der Waals surface area (Å²) in [5.74, 6) is -0.889. The van der Waals surface area contributed by atoms with E-state index in [9.17, 15) is 20.4 Å². The van der Waals surface area contributed by atoms with Gasteiger partial charge >= 0.3 is 0 Å². The molecule has 8 heteroatoms. The summed E-state index contributed by atoms with van der Waals surface area (Å²) in [6.07, 6.45) is -0.0296. The van der Waals surface area contributed by atoms with Gasteiger partial charge in [-0.15, -0.1) is 0 Å². The minimum Gasteiger partial charge on any atom is -0.392 e. The fourth-order valence-corrected chi connectivity index (χ4v) is 10.7. The summed E-state index contributed by atoms with van der Waals surface area (Å²) in [6, 6.07) is -0.442. The number of piperidine rings is 1. The third kappa shape index (κ3) is 1.99. The van der Waals surface area contributed by atoms with E-state index < -0.39 is 46.9 Å². The molecule has 1 saturated heterocycles. The number of likely N-dealkylation sites (tertiary alicyclic amines) is 1. The quantitative estimate of drug-likeness (QED) is 0.446. The summed E-state index contributed by atoms with van der Waals surface area (Å²) >= 11 is 0. The van der Waals surface area contributed by atoms with Crippen molar-refractivity contribution < 1.29 is 34.6 Å². The fraction of sp³-hybridized carbons (Fsp3) is 1.00. The van der Waals surface area contributed by atoms with Gasteiger partial charge < -0.3 is 34.6 Å². The van der Waals surface area contributed by atoms with Crippen molar-refractivity contribution in [3.63, 3.8) is 0 Å². The topological polar surface area (TPSA) is 112 Å². The largest absolute Gasteiger partial charge is 0.392 e.